The lowest BCUT2D eigenvalue weighted by Crippen LogP contribution is -2.16. The van der Waals surface area contributed by atoms with Gasteiger partial charge in [0.1, 0.15) is 18.2 Å². The van der Waals surface area contributed by atoms with Crippen LogP contribution in [0.15, 0.2) is 24.5 Å². The Morgan fingerprint density at radius 3 is 3.00 bits per heavy atom. The van der Waals surface area contributed by atoms with Gasteiger partial charge in [-0.2, -0.15) is 5.10 Å². The summed E-state index contributed by atoms with van der Waals surface area (Å²) in [6, 6.07) is 2.77. The number of likely N-dealkylation sites (N-methyl/N-ethyl adjacent to an activating group) is 1. The van der Waals surface area contributed by atoms with Gasteiger partial charge in [0.2, 0.25) is 6.41 Å². The number of H-pyrrole nitrogens is 1. The number of aromatic amines is 1. The highest BCUT2D eigenvalue weighted by atomic mass is 19.1. The van der Waals surface area contributed by atoms with Crippen LogP contribution in [0.4, 0.5) is 10.1 Å². The van der Waals surface area contributed by atoms with Gasteiger partial charge < -0.3 is 15.4 Å². The van der Waals surface area contributed by atoms with Gasteiger partial charge >= 0.3 is 0 Å². The Kier molecular flexibility index (Phi) is 4.67. The topological polar surface area (TPSA) is 79.0 Å². The summed E-state index contributed by atoms with van der Waals surface area (Å²) < 4.78 is 19.6. The zero-order valence-electron chi connectivity index (χ0n) is 10.9. The first-order chi connectivity index (χ1) is 9.76. The van der Waals surface area contributed by atoms with Gasteiger partial charge in [-0.15, -0.1) is 0 Å². The number of hydrogen-bond donors (Lipinski definition) is 3. The summed E-state index contributed by atoms with van der Waals surface area (Å²) in [6.45, 7) is 1.04. The predicted molar refractivity (Wildman–Crippen MR) is 73.1 cm³/mol. The number of aromatic nitrogens is 2. The number of amides is 1. The smallest absolute Gasteiger partial charge is 0.211 e. The summed E-state index contributed by atoms with van der Waals surface area (Å²) in [4.78, 5) is 10.6. The van der Waals surface area contributed by atoms with Crippen molar-refractivity contribution in [2.24, 2.45) is 0 Å². The minimum atomic E-state index is -0.461. The number of halogens is 1. The summed E-state index contributed by atoms with van der Waals surface area (Å²) >= 11 is 0. The molecule has 0 atom stereocenters. The summed E-state index contributed by atoms with van der Waals surface area (Å²) in [5.74, 6) is -0.0540. The van der Waals surface area contributed by atoms with Gasteiger partial charge in [0.15, 0.2) is 0 Å². The average Bonchev–Trinajstić information content (AvgIpc) is 2.95. The molecule has 1 aromatic carbocycles. The van der Waals surface area contributed by atoms with Gasteiger partial charge in [-0.1, -0.05) is 0 Å². The predicted octanol–water partition coefficient (Wildman–Crippen LogP) is 1.38. The van der Waals surface area contributed by atoms with Crippen LogP contribution < -0.4 is 15.4 Å². The number of benzene rings is 1. The van der Waals surface area contributed by atoms with E-state index in [1.807, 2.05) is 0 Å². The van der Waals surface area contributed by atoms with Crippen LogP contribution in [0, 0.1) is 5.82 Å². The van der Waals surface area contributed by atoms with E-state index >= 15 is 0 Å². The number of carbonyl (C=O) groups excluding carboxylic acids is 1. The van der Waals surface area contributed by atoms with Crippen molar-refractivity contribution in [3.05, 3.63) is 30.3 Å². The molecule has 106 valence electrons. The molecule has 0 fully saturated rings. The van der Waals surface area contributed by atoms with E-state index in [4.69, 9.17) is 4.74 Å². The van der Waals surface area contributed by atoms with E-state index in [-0.39, 0.29) is 0 Å². The van der Waals surface area contributed by atoms with Crippen molar-refractivity contribution in [2.75, 3.05) is 25.5 Å². The van der Waals surface area contributed by atoms with Crippen LogP contribution in [-0.2, 0) is 4.79 Å². The Bertz CT molecular complexity index is 572. The first-order valence-corrected chi connectivity index (χ1v) is 6.06. The van der Waals surface area contributed by atoms with E-state index < -0.39 is 5.82 Å². The number of nitrogens with zero attached hydrogens (tertiary/aromatic N) is 1. The minimum absolute atomic E-state index is 0.292. The molecular weight excluding hydrogens is 263 g/mol. The second kappa shape index (κ2) is 6.67. The molecule has 2 aromatic rings. The van der Waals surface area contributed by atoms with E-state index in [0.29, 0.717) is 42.1 Å². The van der Waals surface area contributed by atoms with E-state index in [0.717, 1.165) is 0 Å². The third-order valence-electron chi connectivity index (χ3n) is 2.70. The molecule has 0 bridgehead atoms. The Labute approximate surface area is 115 Å². The molecule has 0 radical (unpaired) electrons. The third kappa shape index (κ3) is 3.12. The highest BCUT2D eigenvalue weighted by Crippen LogP contribution is 2.33. The molecule has 0 aliphatic rings. The normalized spacial score (nSPS) is 10.3. The molecule has 0 aliphatic heterocycles. The Hall–Kier alpha value is -2.41. The van der Waals surface area contributed by atoms with Crippen molar-refractivity contribution in [1.82, 2.24) is 15.5 Å². The average molecular weight is 278 g/mol. The van der Waals surface area contributed by atoms with Gasteiger partial charge in [0, 0.05) is 29.9 Å². The van der Waals surface area contributed by atoms with Crippen molar-refractivity contribution in [3.8, 4) is 16.9 Å². The highest BCUT2D eigenvalue weighted by molar-refractivity contribution is 5.79. The summed E-state index contributed by atoms with van der Waals surface area (Å²) in [5.41, 5.74) is 1.26. The molecule has 0 saturated carbocycles. The SMILES string of the molecule is CNCCOc1cc(-c2cn[nH]c2)c(F)cc1NC=O. The van der Waals surface area contributed by atoms with Crippen LogP contribution in [0.5, 0.6) is 5.75 Å². The molecule has 2 rings (SSSR count). The maximum absolute atomic E-state index is 14.0. The van der Waals surface area contributed by atoms with Crippen molar-refractivity contribution >= 4 is 12.1 Å². The second-order valence-electron chi connectivity index (χ2n) is 4.03. The number of anilines is 1. The van der Waals surface area contributed by atoms with Gasteiger partial charge in [-0.05, 0) is 13.1 Å². The maximum atomic E-state index is 14.0. The lowest BCUT2D eigenvalue weighted by molar-refractivity contribution is -0.105. The Morgan fingerprint density at radius 2 is 2.35 bits per heavy atom. The maximum Gasteiger partial charge on any atom is 0.211 e. The van der Waals surface area contributed by atoms with Crippen LogP contribution in [0.1, 0.15) is 0 Å². The van der Waals surface area contributed by atoms with Gasteiger partial charge in [0.25, 0.3) is 0 Å². The standard InChI is InChI=1S/C13H15FN4O2/c1-15-2-3-20-13-4-10(9-6-17-18-7-9)11(14)5-12(13)16-8-19/h4-8,15H,2-3H2,1H3,(H,16,19)(H,17,18). The lowest BCUT2D eigenvalue weighted by atomic mass is 10.1. The van der Waals surface area contributed by atoms with Gasteiger partial charge in [-0.3, -0.25) is 9.89 Å². The van der Waals surface area contributed by atoms with Crippen molar-refractivity contribution in [3.63, 3.8) is 0 Å². The number of hydrogen-bond acceptors (Lipinski definition) is 4. The zero-order chi connectivity index (χ0) is 14.4. The molecule has 7 heteroatoms. The van der Waals surface area contributed by atoms with E-state index in [2.05, 4.69) is 20.8 Å². The fraction of sp³-hybridized carbons (Fsp3) is 0.231. The number of rotatable bonds is 7. The summed E-state index contributed by atoms with van der Waals surface area (Å²) in [6.07, 6.45) is 3.59. The second-order valence-corrected chi connectivity index (χ2v) is 4.03. The number of carbonyl (C=O) groups is 1. The fourth-order valence-corrected chi connectivity index (χ4v) is 1.73. The van der Waals surface area contributed by atoms with Crippen LogP contribution in [-0.4, -0.2) is 36.8 Å². The van der Waals surface area contributed by atoms with E-state index in [1.165, 1.54) is 12.3 Å². The van der Waals surface area contributed by atoms with Gasteiger partial charge in [0.05, 0.1) is 11.9 Å². The summed E-state index contributed by atoms with van der Waals surface area (Å²) in [7, 11) is 1.80. The van der Waals surface area contributed by atoms with Crippen molar-refractivity contribution in [1.29, 1.82) is 0 Å². The molecule has 6 nitrogen and oxygen atoms in total. The number of nitrogens with one attached hydrogen (secondary N) is 3. The van der Waals surface area contributed by atoms with Crippen LogP contribution in [0.2, 0.25) is 0 Å². The first kappa shape index (κ1) is 14.0. The monoisotopic (exact) mass is 278 g/mol. The Morgan fingerprint density at radius 1 is 1.50 bits per heavy atom. The van der Waals surface area contributed by atoms with Crippen LogP contribution in [0.25, 0.3) is 11.1 Å². The van der Waals surface area contributed by atoms with Crippen molar-refractivity contribution in [2.45, 2.75) is 0 Å². The van der Waals surface area contributed by atoms with E-state index in [1.54, 1.807) is 19.3 Å². The molecule has 20 heavy (non-hydrogen) atoms. The molecule has 3 N–H and O–H groups in total. The molecule has 0 unspecified atom stereocenters. The fourth-order valence-electron chi connectivity index (χ4n) is 1.73. The quantitative estimate of drug-likeness (QED) is 0.528. The summed E-state index contributed by atoms with van der Waals surface area (Å²) in [5, 5.41) is 11.8. The molecule has 0 spiro atoms. The highest BCUT2D eigenvalue weighted by Gasteiger charge is 2.13. The van der Waals surface area contributed by atoms with Crippen molar-refractivity contribution < 1.29 is 13.9 Å². The zero-order valence-corrected chi connectivity index (χ0v) is 10.9. The number of ether oxygens (including phenoxy) is 1. The third-order valence-corrected chi connectivity index (χ3v) is 2.70. The minimum Gasteiger partial charge on any atom is -0.490 e. The Balaban J connectivity index is 2.35. The first-order valence-electron chi connectivity index (χ1n) is 6.06. The largest absolute Gasteiger partial charge is 0.490 e. The molecule has 0 aliphatic carbocycles. The van der Waals surface area contributed by atoms with Crippen LogP contribution in [0.3, 0.4) is 0 Å². The molecule has 1 aromatic heterocycles. The van der Waals surface area contributed by atoms with E-state index in [9.17, 15) is 9.18 Å². The lowest BCUT2D eigenvalue weighted by Gasteiger charge is -2.13. The molecule has 1 amide bonds. The van der Waals surface area contributed by atoms with Crippen LogP contribution >= 0.6 is 0 Å². The molecule has 0 saturated heterocycles. The molecular formula is C13H15FN4O2. The van der Waals surface area contributed by atoms with Gasteiger partial charge in [-0.25, -0.2) is 4.39 Å². The molecule has 1 heterocycles.